The number of thiophene rings is 1. The molecule has 1 aromatic rings. The molecular weight excluding hydrogens is 286 g/mol. The molecule has 16 heavy (non-hydrogen) atoms. The summed E-state index contributed by atoms with van der Waals surface area (Å²) in [6.45, 7) is 4.16. The number of hydrogen-bond acceptors (Lipinski definition) is 2. The van der Waals surface area contributed by atoms with Crippen molar-refractivity contribution >= 4 is 39.2 Å². The van der Waals surface area contributed by atoms with Gasteiger partial charge in [0.25, 0.3) is 0 Å². The predicted molar refractivity (Wildman–Crippen MR) is 73.6 cm³/mol. The average Bonchev–Trinajstić information content (AvgIpc) is 2.69. The fraction of sp³-hybridized carbons (Fsp3) is 0.417. The minimum atomic E-state index is -0.0155. The molecule has 0 aliphatic heterocycles. The van der Waals surface area contributed by atoms with Crippen LogP contribution in [0.15, 0.2) is 22.0 Å². The largest absolute Gasteiger partial charge is 0.350 e. The predicted octanol–water partition coefficient (Wildman–Crippen LogP) is 3.83. The SMILES string of the molecule is CCC(CC)NC(=O)/C=C/c1ccc(Br)s1. The van der Waals surface area contributed by atoms with E-state index in [4.69, 9.17) is 0 Å². The number of rotatable bonds is 5. The highest BCUT2D eigenvalue weighted by molar-refractivity contribution is 9.11. The molecule has 1 rings (SSSR count). The summed E-state index contributed by atoms with van der Waals surface area (Å²) in [5, 5.41) is 2.96. The number of carbonyl (C=O) groups is 1. The highest BCUT2D eigenvalue weighted by atomic mass is 79.9. The van der Waals surface area contributed by atoms with E-state index in [1.807, 2.05) is 18.2 Å². The molecule has 2 nitrogen and oxygen atoms in total. The van der Waals surface area contributed by atoms with Gasteiger partial charge < -0.3 is 5.32 Å². The van der Waals surface area contributed by atoms with Crippen molar-refractivity contribution in [2.75, 3.05) is 0 Å². The maximum absolute atomic E-state index is 11.5. The van der Waals surface area contributed by atoms with E-state index in [0.717, 1.165) is 21.5 Å². The van der Waals surface area contributed by atoms with Crippen LogP contribution >= 0.6 is 27.3 Å². The molecule has 0 spiro atoms. The molecular formula is C12H16BrNOS. The van der Waals surface area contributed by atoms with Gasteiger partial charge in [-0.1, -0.05) is 13.8 Å². The van der Waals surface area contributed by atoms with E-state index in [-0.39, 0.29) is 11.9 Å². The molecule has 4 heteroatoms. The molecule has 0 aliphatic rings. The van der Waals surface area contributed by atoms with Crippen LogP contribution in [0.3, 0.4) is 0 Å². The first-order valence-electron chi connectivity index (χ1n) is 5.39. The molecule has 88 valence electrons. The van der Waals surface area contributed by atoms with Crippen LogP contribution in [0.25, 0.3) is 6.08 Å². The highest BCUT2D eigenvalue weighted by Gasteiger charge is 2.04. The van der Waals surface area contributed by atoms with E-state index >= 15 is 0 Å². The van der Waals surface area contributed by atoms with Gasteiger partial charge in [-0.2, -0.15) is 0 Å². The normalized spacial score (nSPS) is 11.2. The number of nitrogens with one attached hydrogen (secondary N) is 1. The van der Waals surface area contributed by atoms with Crippen LogP contribution in [-0.4, -0.2) is 11.9 Å². The topological polar surface area (TPSA) is 29.1 Å². The molecule has 0 atom stereocenters. The summed E-state index contributed by atoms with van der Waals surface area (Å²) in [6, 6.07) is 4.24. The van der Waals surface area contributed by atoms with Crippen molar-refractivity contribution in [2.24, 2.45) is 0 Å². The van der Waals surface area contributed by atoms with Crippen molar-refractivity contribution < 1.29 is 4.79 Å². The van der Waals surface area contributed by atoms with E-state index < -0.39 is 0 Å². The number of halogens is 1. The number of hydrogen-bond donors (Lipinski definition) is 1. The molecule has 0 saturated carbocycles. The fourth-order valence-corrected chi connectivity index (χ4v) is 2.64. The fourth-order valence-electron chi connectivity index (χ4n) is 1.32. The Labute approximate surface area is 109 Å². The molecule has 0 saturated heterocycles. The molecule has 0 aromatic carbocycles. The summed E-state index contributed by atoms with van der Waals surface area (Å²) in [5.74, 6) is -0.0155. The zero-order chi connectivity index (χ0) is 12.0. The van der Waals surface area contributed by atoms with Crippen LogP contribution in [0.5, 0.6) is 0 Å². The Morgan fingerprint density at radius 1 is 1.50 bits per heavy atom. The van der Waals surface area contributed by atoms with Crippen molar-refractivity contribution in [1.82, 2.24) is 5.32 Å². The quantitative estimate of drug-likeness (QED) is 0.823. The highest BCUT2D eigenvalue weighted by Crippen LogP contribution is 2.22. The third kappa shape index (κ3) is 4.49. The molecule has 0 unspecified atom stereocenters. The molecule has 0 aliphatic carbocycles. The van der Waals surface area contributed by atoms with Crippen LogP contribution in [0.1, 0.15) is 31.6 Å². The molecule has 1 N–H and O–H groups in total. The summed E-state index contributed by atoms with van der Waals surface area (Å²) in [4.78, 5) is 12.6. The number of amides is 1. The maximum atomic E-state index is 11.5. The van der Waals surface area contributed by atoms with Crippen molar-refractivity contribution in [2.45, 2.75) is 32.7 Å². The molecule has 1 amide bonds. The van der Waals surface area contributed by atoms with Gasteiger partial charge in [0.2, 0.25) is 5.91 Å². The van der Waals surface area contributed by atoms with Gasteiger partial charge in [0.15, 0.2) is 0 Å². The lowest BCUT2D eigenvalue weighted by Crippen LogP contribution is -2.32. The monoisotopic (exact) mass is 301 g/mol. The third-order valence-electron chi connectivity index (χ3n) is 2.32. The molecule has 0 fully saturated rings. The van der Waals surface area contributed by atoms with Crippen LogP contribution in [0.2, 0.25) is 0 Å². The third-order valence-corrected chi connectivity index (χ3v) is 3.91. The molecule has 0 radical (unpaired) electrons. The Balaban J connectivity index is 2.48. The first kappa shape index (κ1) is 13.5. The first-order chi connectivity index (χ1) is 7.65. The van der Waals surface area contributed by atoms with E-state index in [9.17, 15) is 4.79 Å². The van der Waals surface area contributed by atoms with Gasteiger partial charge in [-0.15, -0.1) is 11.3 Å². The standard InChI is InChI=1S/C12H16BrNOS/c1-3-9(4-2)14-12(15)8-6-10-5-7-11(13)16-10/h5-9H,3-4H2,1-2H3,(H,14,15)/b8-6+. The summed E-state index contributed by atoms with van der Waals surface area (Å²) in [6.07, 6.45) is 5.38. The Bertz CT molecular complexity index is 369. The van der Waals surface area contributed by atoms with Gasteiger partial charge in [-0.3, -0.25) is 4.79 Å². The number of carbonyl (C=O) groups excluding carboxylic acids is 1. The smallest absolute Gasteiger partial charge is 0.244 e. The Morgan fingerprint density at radius 3 is 2.69 bits per heavy atom. The molecule has 0 bridgehead atoms. The Morgan fingerprint density at radius 2 is 2.19 bits per heavy atom. The zero-order valence-electron chi connectivity index (χ0n) is 9.50. The second-order valence-corrected chi connectivity index (χ2v) is 5.99. The lowest BCUT2D eigenvalue weighted by Gasteiger charge is -2.12. The van der Waals surface area contributed by atoms with Gasteiger partial charge in [-0.25, -0.2) is 0 Å². The zero-order valence-corrected chi connectivity index (χ0v) is 11.9. The summed E-state index contributed by atoms with van der Waals surface area (Å²) >= 11 is 5.00. The second kappa shape index (κ2) is 6.86. The minimum absolute atomic E-state index is 0.0155. The first-order valence-corrected chi connectivity index (χ1v) is 7.00. The lowest BCUT2D eigenvalue weighted by atomic mass is 10.2. The van der Waals surface area contributed by atoms with E-state index in [2.05, 4.69) is 35.1 Å². The van der Waals surface area contributed by atoms with Crippen LogP contribution in [-0.2, 0) is 4.79 Å². The van der Waals surface area contributed by atoms with E-state index in [1.165, 1.54) is 0 Å². The van der Waals surface area contributed by atoms with Crippen LogP contribution in [0.4, 0.5) is 0 Å². The lowest BCUT2D eigenvalue weighted by molar-refractivity contribution is -0.117. The van der Waals surface area contributed by atoms with Crippen molar-refractivity contribution in [3.8, 4) is 0 Å². The van der Waals surface area contributed by atoms with Crippen LogP contribution < -0.4 is 5.32 Å². The minimum Gasteiger partial charge on any atom is -0.350 e. The van der Waals surface area contributed by atoms with Crippen LogP contribution in [0, 0.1) is 0 Å². The van der Waals surface area contributed by atoms with Gasteiger partial charge in [0.05, 0.1) is 3.79 Å². The second-order valence-electron chi connectivity index (χ2n) is 3.50. The van der Waals surface area contributed by atoms with Crippen molar-refractivity contribution in [3.63, 3.8) is 0 Å². The summed E-state index contributed by atoms with van der Waals surface area (Å²) < 4.78 is 1.08. The van der Waals surface area contributed by atoms with Gasteiger partial charge >= 0.3 is 0 Å². The summed E-state index contributed by atoms with van der Waals surface area (Å²) in [7, 11) is 0. The van der Waals surface area contributed by atoms with Gasteiger partial charge in [0, 0.05) is 17.0 Å². The maximum Gasteiger partial charge on any atom is 0.244 e. The van der Waals surface area contributed by atoms with Crippen molar-refractivity contribution in [1.29, 1.82) is 0 Å². The summed E-state index contributed by atoms with van der Waals surface area (Å²) in [5.41, 5.74) is 0. The molecule has 1 heterocycles. The van der Waals surface area contributed by atoms with Crippen molar-refractivity contribution in [3.05, 3.63) is 26.9 Å². The van der Waals surface area contributed by atoms with E-state index in [1.54, 1.807) is 17.4 Å². The Hall–Kier alpha value is -0.610. The van der Waals surface area contributed by atoms with Gasteiger partial charge in [0.1, 0.15) is 0 Å². The average molecular weight is 302 g/mol. The molecule has 1 aromatic heterocycles. The van der Waals surface area contributed by atoms with E-state index in [0.29, 0.717) is 0 Å². The van der Waals surface area contributed by atoms with Gasteiger partial charge in [-0.05, 0) is 47.0 Å². The Kier molecular flexibility index (Phi) is 5.77.